The summed E-state index contributed by atoms with van der Waals surface area (Å²) in [6.45, 7) is 6.03. The van der Waals surface area contributed by atoms with Crippen molar-refractivity contribution in [1.29, 1.82) is 0 Å². The van der Waals surface area contributed by atoms with Gasteiger partial charge in [-0.3, -0.25) is 14.3 Å². The first-order valence-electron chi connectivity index (χ1n) is 11.3. The minimum atomic E-state index is -0.187. The van der Waals surface area contributed by atoms with Crippen molar-refractivity contribution >= 4 is 39.0 Å². The highest BCUT2D eigenvalue weighted by Crippen LogP contribution is 2.26. The van der Waals surface area contributed by atoms with Crippen molar-refractivity contribution in [2.24, 2.45) is 0 Å². The predicted molar refractivity (Wildman–Crippen MR) is 132 cm³/mol. The van der Waals surface area contributed by atoms with E-state index in [9.17, 15) is 9.18 Å². The van der Waals surface area contributed by atoms with E-state index in [-0.39, 0.29) is 16.6 Å². The van der Waals surface area contributed by atoms with E-state index in [1.165, 1.54) is 4.52 Å². The molecule has 0 spiro atoms. The monoisotopic (exact) mass is 494 g/mol. The summed E-state index contributed by atoms with van der Waals surface area (Å²) in [7, 11) is 0. The van der Waals surface area contributed by atoms with Crippen LogP contribution >= 0.6 is 11.3 Å². The number of nitrogens with two attached hydrogens (primary N) is 1. The summed E-state index contributed by atoms with van der Waals surface area (Å²) >= 11 is 1.08. The lowest BCUT2D eigenvalue weighted by atomic mass is 10.2. The minimum absolute atomic E-state index is 0.122. The van der Waals surface area contributed by atoms with Gasteiger partial charge in [0.2, 0.25) is 11.8 Å². The van der Waals surface area contributed by atoms with Gasteiger partial charge in [0.15, 0.2) is 17.1 Å². The van der Waals surface area contributed by atoms with E-state index in [2.05, 4.69) is 24.9 Å². The number of nitrogen functional groups attached to an aromatic ring is 1. The molecule has 1 aliphatic rings. The summed E-state index contributed by atoms with van der Waals surface area (Å²) in [6.07, 6.45) is 1.55. The first-order chi connectivity index (χ1) is 17.0. The molecule has 4 aromatic heterocycles. The average Bonchev–Trinajstić information content (AvgIpc) is 3.58. The van der Waals surface area contributed by atoms with Crippen molar-refractivity contribution in [1.82, 2.24) is 29.0 Å². The Kier molecular flexibility index (Phi) is 5.26. The molecule has 0 aliphatic carbocycles. The number of furan rings is 1. The van der Waals surface area contributed by atoms with Crippen LogP contribution in [-0.4, -0.2) is 61.8 Å². The quantitative estimate of drug-likeness (QED) is 0.397. The second kappa shape index (κ2) is 8.47. The fraction of sp³-hybridized carbons (Fsp3) is 0.304. The van der Waals surface area contributed by atoms with Gasteiger partial charge >= 0.3 is 4.87 Å². The number of hydrogen-bond donors (Lipinski definition) is 1. The van der Waals surface area contributed by atoms with Crippen molar-refractivity contribution in [2.45, 2.75) is 13.5 Å². The Labute approximate surface area is 203 Å². The van der Waals surface area contributed by atoms with E-state index in [0.717, 1.165) is 43.1 Å². The first-order valence-corrected chi connectivity index (χ1v) is 12.1. The minimum Gasteiger partial charge on any atom is -0.461 e. The van der Waals surface area contributed by atoms with Gasteiger partial charge in [-0.2, -0.15) is 9.50 Å². The molecule has 1 fully saturated rings. The smallest absolute Gasteiger partial charge is 0.309 e. The van der Waals surface area contributed by atoms with Crippen LogP contribution in [0.5, 0.6) is 0 Å². The molecule has 0 amide bonds. The third-order valence-corrected chi connectivity index (χ3v) is 7.28. The van der Waals surface area contributed by atoms with Crippen LogP contribution in [0.3, 0.4) is 0 Å². The Morgan fingerprint density at radius 3 is 2.69 bits per heavy atom. The topological polar surface area (TPSA) is 111 Å². The van der Waals surface area contributed by atoms with Gasteiger partial charge in [0.25, 0.3) is 0 Å². The highest BCUT2D eigenvalue weighted by Gasteiger charge is 2.22. The molecule has 0 unspecified atom stereocenters. The zero-order chi connectivity index (χ0) is 24.1. The van der Waals surface area contributed by atoms with E-state index in [1.54, 1.807) is 29.0 Å². The average molecular weight is 495 g/mol. The molecule has 10 nitrogen and oxygen atoms in total. The van der Waals surface area contributed by atoms with E-state index < -0.39 is 0 Å². The molecule has 35 heavy (non-hydrogen) atoms. The van der Waals surface area contributed by atoms with Gasteiger partial charge in [0.05, 0.1) is 12.0 Å². The first kappa shape index (κ1) is 21.7. The van der Waals surface area contributed by atoms with Crippen LogP contribution in [-0.2, 0) is 6.54 Å². The molecule has 0 saturated carbocycles. The van der Waals surface area contributed by atoms with Crippen LogP contribution in [0.4, 0.5) is 16.0 Å². The molecule has 1 aromatic carbocycles. The third kappa shape index (κ3) is 3.84. The standard InChI is InChI=1S/C23H23FN8O2S/c1-14-4-5-16(15(24)13-14)30-9-6-29(7-10-30)8-11-31-20-18(35-23(31)33)21-26-19(17-3-2-12-34-17)28-32(21)22(25)27-20/h2-5,12-13H,6-11H2,1H3,(H2,25,27). The molecule has 12 heteroatoms. The Bertz CT molecular complexity index is 1580. The fourth-order valence-electron chi connectivity index (χ4n) is 4.46. The van der Waals surface area contributed by atoms with Crippen molar-refractivity contribution in [3.63, 3.8) is 0 Å². The molecular weight excluding hydrogens is 471 g/mol. The summed E-state index contributed by atoms with van der Waals surface area (Å²) in [6, 6.07) is 8.86. The van der Waals surface area contributed by atoms with E-state index in [0.29, 0.717) is 46.4 Å². The second-order valence-corrected chi connectivity index (χ2v) is 9.54. The highest BCUT2D eigenvalue weighted by atomic mass is 32.1. The summed E-state index contributed by atoms with van der Waals surface area (Å²) in [5.41, 5.74) is 8.69. The van der Waals surface area contributed by atoms with Crippen LogP contribution < -0.4 is 15.5 Å². The van der Waals surface area contributed by atoms with E-state index in [4.69, 9.17) is 10.2 Å². The molecular formula is C23H23FN8O2S. The lowest BCUT2D eigenvalue weighted by molar-refractivity contribution is 0.248. The summed E-state index contributed by atoms with van der Waals surface area (Å²) in [5.74, 6) is 0.857. The number of aromatic nitrogens is 5. The molecule has 1 saturated heterocycles. The van der Waals surface area contributed by atoms with Gasteiger partial charge in [-0.1, -0.05) is 17.4 Å². The maximum Gasteiger partial charge on any atom is 0.309 e. The molecule has 1 aliphatic heterocycles. The van der Waals surface area contributed by atoms with Gasteiger partial charge < -0.3 is 15.1 Å². The molecule has 6 rings (SSSR count). The largest absolute Gasteiger partial charge is 0.461 e. The fourth-order valence-corrected chi connectivity index (χ4v) is 5.39. The number of halogens is 1. The predicted octanol–water partition coefficient (Wildman–Crippen LogP) is 2.61. The van der Waals surface area contributed by atoms with Gasteiger partial charge in [-0.15, -0.1) is 5.10 Å². The number of fused-ring (bicyclic) bond motifs is 3. The van der Waals surface area contributed by atoms with E-state index >= 15 is 0 Å². The SMILES string of the molecule is Cc1ccc(N2CCN(CCn3c(=O)sc4c3nc(N)n3nc(-c5ccco5)nc43)CC2)c(F)c1. The van der Waals surface area contributed by atoms with Crippen LogP contribution in [0.1, 0.15) is 5.56 Å². The second-order valence-electron chi connectivity index (χ2n) is 8.57. The van der Waals surface area contributed by atoms with Crippen LogP contribution in [0, 0.1) is 12.7 Å². The molecule has 180 valence electrons. The lowest BCUT2D eigenvalue weighted by Gasteiger charge is -2.36. The molecule has 0 atom stereocenters. The Morgan fingerprint density at radius 1 is 1.11 bits per heavy atom. The molecule has 2 N–H and O–H groups in total. The number of aryl methyl sites for hydroxylation is 1. The number of nitrogens with zero attached hydrogens (tertiary/aromatic N) is 7. The maximum absolute atomic E-state index is 14.4. The number of rotatable bonds is 5. The summed E-state index contributed by atoms with van der Waals surface area (Å²) < 4.78 is 23.5. The van der Waals surface area contributed by atoms with E-state index in [1.807, 2.05) is 19.1 Å². The maximum atomic E-state index is 14.4. The third-order valence-electron chi connectivity index (χ3n) is 6.31. The zero-order valence-electron chi connectivity index (χ0n) is 19.0. The molecule has 5 aromatic rings. The number of hydrogen-bond acceptors (Lipinski definition) is 9. The highest BCUT2D eigenvalue weighted by molar-refractivity contribution is 7.17. The van der Waals surface area contributed by atoms with Crippen LogP contribution in [0.2, 0.25) is 0 Å². The van der Waals surface area contributed by atoms with Crippen molar-refractivity contribution in [3.05, 3.63) is 57.6 Å². The Morgan fingerprint density at radius 2 is 1.94 bits per heavy atom. The summed E-state index contributed by atoms with van der Waals surface area (Å²) in [4.78, 5) is 26.1. The Hall–Kier alpha value is -3.77. The summed E-state index contributed by atoms with van der Waals surface area (Å²) in [5, 5.41) is 4.39. The number of thiazole rings is 1. The van der Waals surface area contributed by atoms with Gasteiger partial charge in [0, 0.05) is 39.3 Å². The van der Waals surface area contributed by atoms with Gasteiger partial charge in [0.1, 0.15) is 10.5 Å². The zero-order valence-corrected chi connectivity index (χ0v) is 19.8. The number of benzene rings is 1. The van der Waals surface area contributed by atoms with Crippen molar-refractivity contribution < 1.29 is 8.81 Å². The van der Waals surface area contributed by atoms with Crippen LogP contribution in [0.25, 0.3) is 27.6 Å². The molecule has 5 heterocycles. The van der Waals surface area contributed by atoms with Crippen LogP contribution in [0.15, 0.2) is 45.8 Å². The van der Waals surface area contributed by atoms with Gasteiger partial charge in [-0.05, 0) is 36.8 Å². The van der Waals surface area contributed by atoms with Crippen molar-refractivity contribution in [3.8, 4) is 11.6 Å². The number of piperazine rings is 1. The number of anilines is 2. The normalized spacial score (nSPS) is 15.0. The lowest BCUT2D eigenvalue weighted by Crippen LogP contribution is -2.47. The molecule has 0 bridgehead atoms. The van der Waals surface area contributed by atoms with Crippen molar-refractivity contribution in [2.75, 3.05) is 43.4 Å². The van der Waals surface area contributed by atoms with Gasteiger partial charge in [-0.25, -0.2) is 9.37 Å². The molecule has 0 radical (unpaired) electrons. The Balaban J connectivity index is 1.21.